The van der Waals surface area contributed by atoms with E-state index in [0.717, 1.165) is 5.69 Å². The number of nitrogens with one attached hydrogen (secondary N) is 1. The Balaban J connectivity index is 1.90. The van der Waals surface area contributed by atoms with Gasteiger partial charge in [-0.1, -0.05) is 23.7 Å². The predicted molar refractivity (Wildman–Crippen MR) is 98.5 cm³/mol. The molecule has 3 rings (SSSR count). The Hall–Kier alpha value is -2.22. The zero-order chi connectivity index (χ0) is 18.9. The van der Waals surface area contributed by atoms with Crippen molar-refractivity contribution in [2.24, 2.45) is 0 Å². The third-order valence-corrected chi connectivity index (χ3v) is 5.85. The lowest BCUT2D eigenvalue weighted by Gasteiger charge is -2.08. The summed E-state index contributed by atoms with van der Waals surface area (Å²) < 4.78 is 42.6. The van der Waals surface area contributed by atoms with Gasteiger partial charge in [0.2, 0.25) is 10.0 Å². The maximum absolute atomic E-state index is 13.0. The molecule has 1 aromatic heterocycles. The van der Waals surface area contributed by atoms with Crippen LogP contribution in [0.25, 0.3) is 5.69 Å². The van der Waals surface area contributed by atoms with Gasteiger partial charge in [-0.05, 0) is 55.8 Å². The number of halogens is 2. The molecule has 1 N–H and O–H groups in total. The van der Waals surface area contributed by atoms with Crippen molar-refractivity contribution in [1.82, 2.24) is 14.5 Å². The summed E-state index contributed by atoms with van der Waals surface area (Å²) in [4.78, 5) is 0.134. The summed E-state index contributed by atoms with van der Waals surface area (Å²) in [6.07, 6.45) is 0. The van der Waals surface area contributed by atoms with Gasteiger partial charge in [-0.25, -0.2) is 22.2 Å². The molecule has 0 saturated heterocycles. The highest BCUT2D eigenvalue weighted by Gasteiger charge is 2.24. The van der Waals surface area contributed by atoms with Gasteiger partial charge in [0.15, 0.2) is 0 Å². The molecule has 136 valence electrons. The maximum Gasteiger partial charge on any atom is 0.244 e. The van der Waals surface area contributed by atoms with Crippen LogP contribution in [0.15, 0.2) is 53.4 Å². The maximum atomic E-state index is 13.0. The Morgan fingerprint density at radius 1 is 1.08 bits per heavy atom. The summed E-state index contributed by atoms with van der Waals surface area (Å²) in [7, 11) is -3.78. The quantitative estimate of drug-likeness (QED) is 0.717. The average Bonchev–Trinajstić information content (AvgIpc) is 2.90. The van der Waals surface area contributed by atoms with Crippen molar-refractivity contribution in [3.8, 4) is 5.69 Å². The molecule has 0 saturated carbocycles. The van der Waals surface area contributed by atoms with Crippen LogP contribution in [0.2, 0.25) is 5.02 Å². The van der Waals surface area contributed by atoms with Crippen LogP contribution in [0, 0.1) is 19.7 Å². The molecule has 2 aromatic carbocycles. The van der Waals surface area contributed by atoms with Crippen molar-refractivity contribution in [3.05, 3.63) is 76.3 Å². The summed E-state index contributed by atoms with van der Waals surface area (Å²) in [5, 5.41) is 4.93. The Bertz CT molecular complexity index is 1030. The molecule has 1 heterocycles. The number of sulfonamides is 1. The molecule has 26 heavy (non-hydrogen) atoms. The lowest BCUT2D eigenvalue weighted by atomic mass is 10.2. The highest BCUT2D eigenvalue weighted by molar-refractivity contribution is 7.89. The number of nitrogens with zero attached hydrogens (tertiary/aromatic N) is 2. The zero-order valence-electron chi connectivity index (χ0n) is 14.2. The Morgan fingerprint density at radius 2 is 1.69 bits per heavy atom. The fraction of sp³-hybridized carbons (Fsp3) is 0.167. The molecular weight excluding hydrogens is 377 g/mol. The molecule has 0 unspecified atom stereocenters. The highest BCUT2D eigenvalue weighted by atomic mass is 35.5. The molecule has 0 aliphatic rings. The summed E-state index contributed by atoms with van der Waals surface area (Å²) in [5.74, 6) is -0.368. The van der Waals surface area contributed by atoms with Gasteiger partial charge in [-0.15, -0.1) is 0 Å². The van der Waals surface area contributed by atoms with Crippen molar-refractivity contribution in [3.63, 3.8) is 0 Å². The Labute approximate surface area is 156 Å². The van der Waals surface area contributed by atoms with Crippen LogP contribution in [-0.2, 0) is 16.6 Å². The zero-order valence-corrected chi connectivity index (χ0v) is 15.8. The van der Waals surface area contributed by atoms with E-state index in [1.165, 1.54) is 24.3 Å². The molecule has 0 spiro atoms. The van der Waals surface area contributed by atoms with E-state index in [4.69, 9.17) is 11.6 Å². The third-order valence-electron chi connectivity index (χ3n) is 3.94. The molecule has 3 aromatic rings. The van der Waals surface area contributed by atoms with Crippen LogP contribution in [-0.4, -0.2) is 18.2 Å². The number of hydrogen-bond donors (Lipinski definition) is 1. The van der Waals surface area contributed by atoms with Gasteiger partial charge in [-0.3, -0.25) is 0 Å². The molecule has 8 heteroatoms. The summed E-state index contributed by atoms with van der Waals surface area (Å²) >= 11 is 5.90. The van der Waals surface area contributed by atoms with Crippen molar-refractivity contribution >= 4 is 21.6 Å². The standard InChI is InChI=1S/C18H17ClFN3O2S/c1-12-18(13(2)23(22-12)17-9-5-15(19)6-10-17)26(24,25)21-11-14-3-7-16(20)8-4-14/h3-10,21H,11H2,1-2H3. The predicted octanol–water partition coefficient (Wildman–Crippen LogP) is 3.76. The van der Waals surface area contributed by atoms with E-state index in [1.54, 1.807) is 42.8 Å². The van der Waals surface area contributed by atoms with Crippen LogP contribution >= 0.6 is 11.6 Å². The second-order valence-electron chi connectivity index (χ2n) is 5.84. The SMILES string of the molecule is Cc1nn(-c2ccc(Cl)cc2)c(C)c1S(=O)(=O)NCc1ccc(F)cc1. The largest absolute Gasteiger partial charge is 0.244 e. The van der Waals surface area contributed by atoms with Crippen LogP contribution in [0.3, 0.4) is 0 Å². The minimum Gasteiger partial charge on any atom is -0.236 e. The van der Waals surface area contributed by atoms with E-state index in [1.807, 2.05) is 0 Å². The first kappa shape index (κ1) is 18.6. The Morgan fingerprint density at radius 3 is 2.31 bits per heavy atom. The van der Waals surface area contributed by atoms with E-state index in [0.29, 0.717) is 22.0 Å². The van der Waals surface area contributed by atoms with Crippen molar-refractivity contribution in [2.75, 3.05) is 0 Å². The number of benzene rings is 2. The smallest absolute Gasteiger partial charge is 0.236 e. The molecule has 0 fully saturated rings. The molecule has 0 aliphatic heterocycles. The second kappa shape index (κ2) is 7.19. The number of aryl methyl sites for hydroxylation is 1. The van der Waals surface area contributed by atoms with Gasteiger partial charge in [0.05, 0.1) is 17.1 Å². The summed E-state index contributed by atoms with van der Waals surface area (Å²) in [5.41, 5.74) is 2.27. The van der Waals surface area contributed by atoms with E-state index in [9.17, 15) is 12.8 Å². The lowest BCUT2D eigenvalue weighted by Crippen LogP contribution is -2.24. The molecule has 0 aliphatic carbocycles. The average molecular weight is 394 g/mol. The topological polar surface area (TPSA) is 64.0 Å². The molecule has 0 bridgehead atoms. The number of rotatable bonds is 5. The van der Waals surface area contributed by atoms with Gasteiger partial charge < -0.3 is 0 Å². The molecular formula is C18H17ClFN3O2S. The van der Waals surface area contributed by atoms with E-state index >= 15 is 0 Å². The van der Waals surface area contributed by atoms with Gasteiger partial charge >= 0.3 is 0 Å². The third kappa shape index (κ3) is 3.80. The molecule has 5 nitrogen and oxygen atoms in total. The van der Waals surface area contributed by atoms with Crippen molar-refractivity contribution in [2.45, 2.75) is 25.3 Å². The van der Waals surface area contributed by atoms with Crippen molar-refractivity contribution in [1.29, 1.82) is 0 Å². The normalized spacial score (nSPS) is 11.7. The highest BCUT2D eigenvalue weighted by Crippen LogP contribution is 2.23. The van der Waals surface area contributed by atoms with Crippen LogP contribution in [0.5, 0.6) is 0 Å². The second-order valence-corrected chi connectivity index (χ2v) is 7.98. The van der Waals surface area contributed by atoms with Gasteiger partial charge in [0.25, 0.3) is 0 Å². The monoisotopic (exact) mass is 393 g/mol. The summed E-state index contributed by atoms with van der Waals surface area (Å²) in [6.45, 7) is 3.40. The number of hydrogen-bond acceptors (Lipinski definition) is 3. The van der Waals surface area contributed by atoms with E-state index in [2.05, 4.69) is 9.82 Å². The lowest BCUT2D eigenvalue weighted by molar-refractivity contribution is 0.580. The van der Waals surface area contributed by atoms with Gasteiger partial charge in [0.1, 0.15) is 10.7 Å². The summed E-state index contributed by atoms with van der Waals surface area (Å²) in [6, 6.07) is 12.6. The van der Waals surface area contributed by atoms with Crippen LogP contribution in [0.4, 0.5) is 4.39 Å². The Kier molecular flexibility index (Phi) is 5.13. The van der Waals surface area contributed by atoms with Crippen LogP contribution < -0.4 is 4.72 Å². The minimum atomic E-state index is -3.78. The van der Waals surface area contributed by atoms with Crippen LogP contribution in [0.1, 0.15) is 17.0 Å². The first-order chi connectivity index (χ1) is 12.3. The van der Waals surface area contributed by atoms with E-state index in [-0.39, 0.29) is 17.3 Å². The number of aromatic nitrogens is 2. The first-order valence-corrected chi connectivity index (χ1v) is 9.70. The molecule has 0 amide bonds. The minimum absolute atomic E-state index is 0.0631. The first-order valence-electron chi connectivity index (χ1n) is 7.84. The molecule has 0 radical (unpaired) electrons. The van der Waals surface area contributed by atoms with Gasteiger partial charge in [-0.2, -0.15) is 5.10 Å². The fourth-order valence-corrected chi connectivity index (χ4v) is 4.24. The van der Waals surface area contributed by atoms with Gasteiger partial charge in [0, 0.05) is 11.6 Å². The molecule has 0 atom stereocenters. The fourth-order valence-electron chi connectivity index (χ4n) is 2.70. The van der Waals surface area contributed by atoms with Crippen molar-refractivity contribution < 1.29 is 12.8 Å². The van der Waals surface area contributed by atoms with E-state index < -0.39 is 10.0 Å².